The van der Waals surface area contributed by atoms with Crippen molar-refractivity contribution < 1.29 is 14.3 Å². The molecule has 4 heteroatoms. The lowest BCUT2D eigenvalue weighted by atomic mass is 10.2. The van der Waals surface area contributed by atoms with Crippen molar-refractivity contribution in [2.75, 3.05) is 26.8 Å². The van der Waals surface area contributed by atoms with Crippen LogP contribution >= 0.6 is 0 Å². The van der Waals surface area contributed by atoms with E-state index in [0.29, 0.717) is 11.5 Å². The molecule has 0 radical (unpaired) electrons. The topological polar surface area (TPSA) is 38.8 Å². The summed E-state index contributed by atoms with van der Waals surface area (Å²) < 4.78 is 10.8. The van der Waals surface area contributed by atoms with Crippen LogP contribution in [-0.2, 0) is 4.79 Å². The van der Waals surface area contributed by atoms with E-state index in [1.165, 1.54) is 0 Å². The standard InChI is InChI=1S/C14H19NO3/c1-11-5-6-12(13(9-11)17-2)18-10-14(16)15-7-3-4-8-15/h5-6,9H,3-4,7-8,10H2,1-2H3. The maximum atomic E-state index is 11.8. The fourth-order valence-corrected chi connectivity index (χ4v) is 2.09. The van der Waals surface area contributed by atoms with Gasteiger partial charge < -0.3 is 14.4 Å². The molecule has 1 aromatic carbocycles. The summed E-state index contributed by atoms with van der Waals surface area (Å²) in [6, 6.07) is 5.68. The van der Waals surface area contributed by atoms with Gasteiger partial charge in [-0.2, -0.15) is 0 Å². The van der Waals surface area contributed by atoms with E-state index in [0.717, 1.165) is 31.5 Å². The van der Waals surface area contributed by atoms with E-state index in [4.69, 9.17) is 9.47 Å². The quantitative estimate of drug-likeness (QED) is 0.819. The van der Waals surface area contributed by atoms with Gasteiger partial charge in [0, 0.05) is 13.1 Å². The highest BCUT2D eigenvalue weighted by atomic mass is 16.5. The second-order valence-electron chi connectivity index (χ2n) is 4.53. The van der Waals surface area contributed by atoms with E-state index in [1.807, 2.05) is 30.0 Å². The van der Waals surface area contributed by atoms with Gasteiger partial charge in [0.1, 0.15) is 0 Å². The molecule has 1 aromatic rings. The maximum absolute atomic E-state index is 11.8. The normalized spacial score (nSPS) is 14.7. The van der Waals surface area contributed by atoms with E-state index in [-0.39, 0.29) is 12.5 Å². The van der Waals surface area contributed by atoms with Crippen molar-refractivity contribution in [2.45, 2.75) is 19.8 Å². The van der Waals surface area contributed by atoms with Crippen molar-refractivity contribution in [3.63, 3.8) is 0 Å². The molecule has 0 saturated carbocycles. The number of benzene rings is 1. The molecule has 0 aliphatic carbocycles. The van der Waals surface area contributed by atoms with Crippen LogP contribution < -0.4 is 9.47 Å². The van der Waals surface area contributed by atoms with Crippen LogP contribution in [0.4, 0.5) is 0 Å². The number of hydrogen-bond acceptors (Lipinski definition) is 3. The molecule has 2 rings (SSSR count). The minimum atomic E-state index is 0.0510. The molecule has 0 atom stereocenters. The summed E-state index contributed by atoms with van der Waals surface area (Å²) in [6.45, 7) is 3.78. The zero-order valence-corrected chi connectivity index (χ0v) is 10.9. The molecule has 1 heterocycles. The highest BCUT2D eigenvalue weighted by Crippen LogP contribution is 2.27. The van der Waals surface area contributed by atoms with Crippen molar-refractivity contribution in [3.05, 3.63) is 23.8 Å². The zero-order valence-electron chi connectivity index (χ0n) is 10.9. The zero-order chi connectivity index (χ0) is 13.0. The van der Waals surface area contributed by atoms with Crippen LogP contribution in [-0.4, -0.2) is 37.6 Å². The number of nitrogens with zero attached hydrogens (tertiary/aromatic N) is 1. The average molecular weight is 249 g/mol. The first-order chi connectivity index (χ1) is 8.70. The predicted octanol–water partition coefficient (Wildman–Crippen LogP) is 2.00. The average Bonchev–Trinajstić information content (AvgIpc) is 2.90. The second kappa shape index (κ2) is 5.76. The van der Waals surface area contributed by atoms with Crippen LogP contribution in [0, 0.1) is 6.92 Å². The number of carbonyl (C=O) groups is 1. The largest absolute Gasteiger partial charge is 0.493 e. The molecular formula is C14H19NO3. The fourth-order valence-electron chi connectivity index (χ4n) is 2.09. The summed E-state index contributed by atoms with van der Waals surface area (Å²) in [4.78, 5) is 13.7. The van der Waals surface area contributed by atoms with Crippen LogP contribution in [0.25, 0.3) is 0 Å². The SMILES string of the molecule is COc1cc(C)ccc1OCC(=O)N1CCCC1. The van der Waals surface area contributed by atoms with E-state index in [2.05, 4.69) is 0 Å². The monoisotopic (exact) mass is 249 g/mol. The van der Waals surface area contributed by atoms with Crippen LogP contribution in [0.15, 0.2) is 18.2 Å². The van der Waals surface area contributed by atoms with Gasteiger partial charge >= 0.3 is 0 Å². The lowest BCUT2D eigenvalue weighted by molar-refractivity contribution is -0.132. The van der Waals surface area contributed by atoms with Crippen molar-refractivity contribution in [2.24, 2.45) is 0 Å². The number of carbonyl (C=O) groups excluding carboxylic acids is 1. The highest BCUT2D eigenvalue weighted by molar-refractivity contribution is 5.78. The van der Waals surface area contributed by atoms with Crippen LogP contribution in [0.3, 0.4) is 0 Å². The minimum absolute atomic E-state index is 0.0510. The summed E-state index contributed by atoms with van der Waals surface area (Å²) in [7, 11) is 1.60. The Hall–Kier alpha value is -1.71. The molecule has 18 heavy (non-hydrogen) atoms. The molecule has 98 valence electrons. The third-order valence-electron chi connectivity index (χ3n) is 3.13. The Morgan fingerprint density at radius 3 is 2.67 bits per heavy atom. The van der Waals surface area contributed by atoms with E-state index >= 15 is 0 Å². The van der Waals surface area contributed by atoms with Crippen molar-refractivity contribution in [1.29, 1.82) is 0 Å². The molecule has 0 spiro atoms. The smallest absolute Gasteiger partial charge is 0.260 e. The van der Waals surface area contributed by atoms with E-state index in [9.17, 15) is 4.79 Å². The molecule has 1 aliphatic heterocycles. The lowest BCUT2D eigenvalue weighted by Crippen LogP contribution is -2.32. The molecular weight excluding hydrogens is 230 g/mol. The third-order valence-corrected chi connectivity index (χ3v) is 3.13. The summed E-state index contributed by atoms with van der Waals surface area (Å²) >= 11 is 0. The number of amides is 1. The Labute approximate surface area is 107 Å². The van der Waals surface area contributed by atoms with Gasteiger partial charge in [-0.15, -0.1) is 0 Å². The molecule has 0 unspecified atom stereocenters. The number of likely N-dealkylation sites (tertiary alicyclic amines) is 1. The molecule has 0 aromatic heterocycles. The highest BCUT2D eigenvalue weighted by Gasteiger charge is 2.18. The van der Waals surface area contributed by atoms with Crippen LogP contribution in [0.5, 0.6) is 11.5 Å². The molecule has 1 aliphatic rings. The number of hydrogen-bond donors (Lipinski definition) is 0. The Kier molecular flexibility index (Phi) is 4.07. The van der Waals surface area contributed by atoms with Crippen LogP contribution in [0.2, 0.25) is 0 Å². The Morgan fingerprint density at radius 1 is 1.28 bits per heavy atom. The van der Waals surface area contributed by atoms with Gasteiger partial charge in [-0.05, 0) is 37.5 Å². The summed E-state index contributed by atoms with van der Waals surface area (Å²) in [5.74, 6) is 1.34. The Bertz CT molecular complexity index is 425. The van der Waals surface area contributed by atoms with Gasteiger partial charge in [0.2, 0.25) is 0 Å². The summed E-state index contributed by atoms with van der Waals surface area (Å²) in [5, 5.41) is 0. The Morgan fingerprint density at radius 2 is 2.00 bits per heavy atom. The van der Waals surface area contributed by atoms with Gasteiger partial charge in [-0.1, -0.05) is 6.07 Å². The lowest BCUT2D eigenvalue weighted by Gasteiger charge is -2.16. The molecule has 4 nitrogen and oxygen atoms in total. The molecule has 0 N–H and O–H groups in total. The summed E-state index contributed by atoms with van der Waals surface area (Å²) in [5.41, 5.74) is 1.10. The van der Waals surface area contributed by atoms with Crippen molar-refractivity contribution >= 4 is 5.91 Å². The number of ether oxygens (including phenoxy) is 2. The van der Waals surface area contributed by atoms with Crippen LogP contribution in [0.1, 0.15) is 18.4 Å². The van der Waals surface area contributed by atoms with Crippen molar-refractivity contribution in [3.8, 4) is 11.5 Å². The molecule has 1 saturated heterocycles. The number of aryl methyl sites for hydroxylation is 1. The molecule has 1 amide bonds. The number of methoxy groups -OCH3 is 1. The van der Waals surface area contributed by atoms with E-state index < -0.39 is 0 Å². The second-order valence-corrected chi connectivity index (χ2v) is 4.53. The van der Waals surface area contributed by atoms with Crippen molar-refractivity contribution in [1.82, 2.24) is 4.90 Å². The third kappa shape index (κ3) is 2.94. The van der Waals surface area contributed by atoms with Gasteiger partial charge in [-0.3, -0.25) is 4.79 Å². The fraction of sp³-hybridized carbons (Fsp3) is 0.500. The summed E-state index contributed by atoms with van der Waals surface area (Å²) in [6.07, 6.45) is 2.19. The minimum Gasteiger partial charge on any atom is -0.493 e. The number of rotatable bonds is 4. The van der Waals surface area contributed by atoms with Gasteiger partial charge in [0.25, 0.3) is 5.91 Å². The molecule has 0 bridgehead atoms. The van der Waals surface area contributed by atoms with Gasteiger partial charge in [0.05, 0.1) is 7.11 Å². The Balaban J connectivity index is 1.95. The molecule has 1 fully saturated rings. The van der Waals surface area contributed by atoms with E-state index in [1.54, 1.807) is 7.11 Å². The van der Waals surface area contributed by atoms with Gasteiger partial charge in [0.15, 0.2) is 18.1 Å². The first-order valence-corrected chi connectivity index (χ1v) is 6.26. The maximum Gasteiger partial charge on any atom is 0.260 e. The predicted molar refractivity (Wildman–Crippen MR) is 69.0 cm³/mol. The first kappa shape index (κ1) is 12.7. The van der Waals surface area contributed by atoms with Gasteiger partial charge in [-0.25, -0.2) is 0 Å². The first-order valence-electron chi connectivity index (χ1n) is 6.26.